The lowest BCUT2D eigenvalue weighted by Gasteiger charge is -2.02. The van der Waals surface area contributed by atoms with Gasteiger partial charge in [-0.1, -0.05) is 0 Å². The average Bonchev–Trinajstić information content (AvgIpc) is 2.94. The predicted molar refractivity (Wildman–Crippen MR) is 64.1 cm³/mol. The van der Waals surface area contributed by atoms with Gasteiger partial charge in [0.1, 0.15) is 10.7 Å². The van der Waals surface area contributed by atoms with Crippen molar-refractivity contribution in [2.75, 3.05) is 0 Å². The van der Waals surface area contributed by atoms with Gasteiger partial charge in [-0.25, -0.2) is 4.98 Å². The van der Waals surface area contributed by atoms with E-state index in [-0.39, 0.29) is 22.3 Å². The summed E-state index contributed by atoms with van der Waals surface area (Å²) in [5, 5.41) is 5.12. The minimum absolute atomic E-state index is 0.00880. The molecule has 2 aromatic heterocycles. The molecular weight excluding hydrogens is 279 g/mol. The number of aromatic nitrogens is 3. The second-order valence-electron chi connectivity index (χ2n) is 4.16. The lowest BCUT2D eigenvalue weighted by Crippen LogP contribution is -2.05. The molecule has 0 fully saturated rings. The van der Waals surface area contributed by atoms with Gasteiger partial charge in [0, 0.05) is 17.6 Å². The van der Waals surface area contributed by atoms with Crippen molar-refractivity contribution in [2.45, 2.75) is 26.1 Å². The van der Waals surface area contributed by atoms with Gasteiger partial charge >= 0.3 is 6.18 Å². The summed E-state index contributed by atoms with van der Waals surface area (Å²) in [4.78, 5) is 14.4. The van der Waals surface area contributed by atoms with E-state index in [1.54, 1.807) is 0 Å². The Morgan fingerprint density at radius 3 is 2.58 bits per heavy atom. The maximum atomic E-state index is 12.5. The Morgan fingerprint density at radius 2 is 2.11 bits per heavy atom. The molecule has 0 unspecified atom stereocenters. The molecule has 0 amide bonds. The fourth-order valence-corrected chi connectivity index (χ4v) is 2.27. The van der Waals surface area contributed by atoms with E-state index < -0.39 is 11.9 Å². The summed E-state index contributed by atoms with van der Waals surface area (Å²) in [5.74, 6) is 0. The molecule has 8 heteroatoms. The topological polar surface area (TPSA) is 47.8 Å². The smallest absolute Gasteiger partial charge is 0.298 e. The summed E-state index contributed by atoms with van der Waals surface area (Å²) < 4.78 is 39.0. The highest BCUT2D eigenvalue weighted by atomic mass is 32.1. The Morgan fingerprint density at radius 1 is 1.42 bits per heavy atom. The molecule has 4 nitrogen and oxygen atoms in total. The standard InChI is InChI=1S/C11H10F3N3OS/c1-6(2)17-3-7(4-18)9(16-17)10-15-8(5-19-10)11(12,13)14/h3-6H,1-2H3. The molecule has 0 saturated carbocycles. The number of rotatable bonds is 3. The monoisotopic (exact) mass is 289 g/mol. The summed E-state index contributed by atoms with van der Waals surface area (Å²) in [5.41, 5.74) is -0.551. The van der Waals surface area contributed by atoms with E-state index >= 15 is 0 Å². The minimum atomic E-state index is -4.49. The van der Waals surface area contributed by atoms with E-state index in [2.05, 4.69) is 10.1 Å². The fraction of sp³-hybridized carbons (Fsp3) is 0.364. The lowest BCUT2D eigenvalue weighted by molar-refractivity contribution is -0.140. The van der Waals surface area contributed by atoms with Crippen LogP contribution in [0, 0.1) is 0 Å². The zero-order chi connectivity index (χ0) is 14.2. The van der Waals surface area contributed by atoms with Gasteiger partial charge in [0.2, 0.25) is 0 Å². The molecule has 0 aliphatic carbocycles. The molecule has 102 valence electrons. The molecule has 0 aliphatic heterocycles. The van der Waals surface area contributed by atoms with Crippen molar-refractivity contribution < 1.29 is 18.0 Å². The number of thiazole rings is 1. The van der Waals surface area contributed by atoms with Crippen molar-refractivity contribution in [3.63, 3.8) is 0 Å². The first-order chi connectivity index (χ1) is 8.82. The van der Waals surface area contributed by atoms with E-state index in [9.17, 15) is 18.0 Å². The van der Waals surface area contributed by atoms with Crippen LogP contribution in [-0.4, -0.2) is 21.1 Å². The molecule has 19 heavy (non-hydrogen) atoms. The van der Waals surface area contributed by atoms with E-state index in [1.807, 2.05) is 13.8 Å². The first-order valence-corrected chi connectivity index (χ1v) is 6.28. The van der Waals surface area contributed by atoms with Crippen molar-refractivity contribution in [1.82, 2.24) is 14.8 Å². The van der Waals surface area contributed by atoms with E-state index in [0.717, 1.165) is 16.7 Å². The van der Waals surface area contributed by atoms with Crippen molar-refractivity contribution in [3.8, 4) is 10.7 Å². The van der Waals surface area contributed by atoms with Gasteiger partial charge in [0.25, 0.3) is 0 Å². The quantitative estimate of drug-likeness (QED) is 0.813. The molecule has 0 bridgehead atoms. The lowest BCUT2D eigenvalue weighted by atomic mass is 10.3. The summed E-state index contributed by atoms with van der Waals surface area (Å²) in [6.45, 7) is 3.71. The molecule has 2 aromatic rings. The van der Waals surface area contributed by atoms with Crippen molar-refractivity contribution >= 4 is 17.6 Å². The first kappa shape index (κ1) is 13.7. The molecule has 0 atom stereocenters. The van der Waals surface area contributed by atoms with Crippen LogP contribution in [0.4, 0.5) is 13.2 Å². The number of hydrogen-bond acceptors (Lipinski definition) is 4. The normalized spacial score (nSPS) is 12.1. The Hall–Kier alpha value is -1.70. The number of carbonyl (C=O) groups is 1. The van der Waals surface area contributed by atoms with Gasteiger partial charge in [-0.2, -0.15) is 18.3 Å². The Kier molecular flexibility index (Phi) is 3.44. The van der Waals surface area contributed by atoms with Crippen molar-refractivity contribution in [2.24, 2.45) is 0 Å². The van der Waals surface area contributed by atoms with Crippen LogP contribution in [0.15, 0.2) is 11.6 Å². The average molecular weight is 289 g/mol. The summed E-state index contributed by atoms with van der Waals surface area (Å²) in [6, 6.07) is 0.00880. The van der Waals surface area contributed by atoms with Gasteiger partial charge in [0.05, 0.1) is 5.56 Å². The second-order valence-corrected chi connectivity index (χ2v) is 5.02. The molecule has 0 N–H and O–H groups in total. The summed E-state index contributed by atoms with van der Waals surface area (Å²) in [6.07, 6.45) is -2.42. The van der Waals surface area contributed by atoms with Crippen LogP contribution < -0.4 is 0 Å². The second kappa shape index (κ2) is 4.76. The number of aldehydes is 1. The van der Waals surface area contributed by atoms with Gasteiger partial charge in [-0.3, -0.25) is 9.48 Å². The third-order valence-electron chi connectivity index (χ3n) is 2.41. The zero-order valence-corrected chi connectivity index (χ0v) is 10.9. The number of halogens is 3. The highest BCUT2D eigenvalue weighted by molar-refractivity contribution is 7.13. The van der Waals surface area contributed by atoms with Crippen LogP contribution in [0.2, 0.25) is 0 Å². The van der Waals surface area contributed by atoms with Crippen LogP contribution in [0.1, 0.15) is 35.9 Å². The minimum Gasteiger partial charge on any atom is -0.298 e. The molecule has 0 radical (unpaired) electrons. The predicted octanol–water partition coefficient (Wildman–Crippen LogP) is 3.42. The molecule has 2 heterocycles. The van der Waals surface area contributed by atoms with Gasteiger partial charge in [-0.05, 0) is 13.8 Å². The van der Waals surface area contributed by atoms with Crippen molar-refractivity contribution in [1.29, 1.82) is 0 Å². The van der Waals surface area contributed by atoms with Gasteiger partial charge in [0.15, 0.2) is 12.0 Å². The third-order valence-corrected chi connectivity index (χ3v) is 3.26. The van der Waals surface area contributed by atoms with Crippen LogP contribution >= 0.6 is 11.3 Å². The van der Waals surface area contributed by atoms with E-state index in [4.69, 9.17) is 0 Å². The number of carbonyl (C=O) groups excluding carboxylic acids is 1. The highest BCUT2D eigenvalue weighted by Crippen LogP contribution is 2.34. The number of alkyl halides is 3. The first-order valence-electron chi connectivity index (χ1n) is 5.40. The van der Waals surface area contributed by atoms with E-state index in [0.29, 0.717) is 6.29 Å². The Labute approximate surface area is 110 Å². The van der Waals surface area contributed by atoms with Gasteiger partial charge < -0.3 is 0 Å². The number of nitrogens with zero attached hydrogens (tertiary/aromatic N) is 3. The Bertz CT molecular complexity index is 601. The van der Waals surface area contributed by atoms with Crippen molar-refractivity contribution in [3.05, 3.63) is 22.8 Å². The highest BCUT2D eigenvalue weighted by Gasteiger charge is 2.34. The van der Waals surface area contributed by atoms with Crippen LogP contribution in [0.25, 0.3) is 10.7 Å². The maximum Gasteiger partial charge on any atom is 0.434 e. The molecule has 2 rings (SSSR count). The molecule has 0 saturated heterocycles. The molecule has 0 aromatic carbocycles. The number of hydrogen-bond donors (Lipinski definition) is 0. The molecule has 0 spiro atoms. The largest absolute Gasteiger partial charge is 0.434 e. The van der Waals surface area contributed by atoms with Crippen LogP contribution in [0.5, 0.6) is 0 Å². The fourth-order valence-electron chi connectivity index (χ4n) is 1.44. The maximum absolute atomic E-state index is 12.5. The molecule has 0 aliphatic rings. The summed E-state index contributed by atoms with van der Waals surface area (Å²) >= 11 is 0.818. The van der Waals surface area contributed by atoms with Crippen LogP contribution in [-0.2, 0) is 6.18 Å². The SMILES string of the molecule is CC(C)n1cc(C=O)c(-c2nc(C(F)(F)F)cs2)n1. The summed E-state index contributed by atoms with van der Waals surface area (Å²) in [7, 11) is 0. The molecular formula is C11H10F3N3OS. The van der Waals surface area contributed by atoms with Gasteiger partial charge in [-0.15, -0.1) is 11.3 Å². The van der Waals surface area contributed by atoms with Crippen LogP contribution in [0.3, 0.4) is 0 Å². The Balaban J connectivity index is 2.46. The van der Waals surface area contributed by atoms with E-state index in [1.165, 1.54) is 10.9 Å². The third kappa shape index (κ3) is 2.67. The zero-order valence-electron chi connectivity index (χ0n) is 10.1.